The van der Waals surface area contributed by atoms with Gasteiger partial charge >= 0.3 is 6.09 Å². The summed E-state index contributed by atoms with van der Waals surface area (Å²) in [6.45, 7) is 11.5. The van der Waals surface area contributed by atoms with Gasteiger partial charge in [0, 0.05) is 0 Å². The highest BCUT2D eigenvalue weighted by atomic mass is 28.4. The van der Waals surface area contributed by atoms with E-state index in [2.05, 4.69) is 39.2 Å². The molecular weight excluding hydrogens is 412 g/mol. The van der Waals surface area contributed by atoms with Gasteiger partial charge in [-0.1, -0.05) is 51.1 Å². The Hall–Kier alpha value is -2.71. The molecule has 2 aromatic carbocycles. The predicted molar refractivity (Wildman–Crippen MR) is 123 cm³/mol. The number of benzene rings is 2. The van der Waals surface area contributed by atoms with Crippen molar-refractivity contribution in [3.05, 3.63) is 53.6 Å². The summed E-state index contributed by atoms with van der Waals surface area (Å²) in [6, 6.07) is 13.2. The highest BCUT2D eigenvalue weighted by Gasteiger charge is 2.40. The van der Waals surface area contributed by atoms with Crippen LogP contribution in [0.25, 0.3) is 0 Å². The van der Waals surface area contributed by atoms with Crippen LogP contribution in [0, 0.1) is 0 Å². The monoisotopic (exact) mass is 444 g/mol. The van der Waals surface area contributed by atoms with Crippen LogP contribution in [0.5, 0.6) is 11.5 Å². The lowest BCUT2D eigenvalue weighted by Gasteiger charge is -2.39. The van der Waals surface area contributed by atoms with Crippen LogP contribution in [-0.4, -0.2) is 27.7 Å². The van der Waals surface area contributed by atoms with Gasteiger partial charge in [-0.25, -0.2) is 4.79 Å². The van der Waals surface area contributed by atoms with Gasteiger partial charge in [-0.05, 0) is 41.4 Å². The SMILES string of the molecule is CC(C)(C)[Si](C)(C)OC(CNC(=O)OCc1ccccc1)c1cc(N)c2c(c1)OCO2. The van der Waals surface area contributed by atoms with E-state index in [4.69, 9.17) is 24.4 Å². The third kappa shape index (κ3) is 5.71. The van der Waals surface area contributed by atoms with Crippen LogP contribution in [-0.2, 0) is 15.8 Å². The number of hydrogen-bond acceptors (Lipinski definition) is 6. The number of nitrogens with two attached hydrogens (primary N) is 1. The maximum atomic E-state index is 12.3. The molecule has 3 rings (SSSR count). The highest BCUT2D eigenvalue weighted by Crippen LogP contribution is 2.43. The maximum Gasteiger partial charge on any atom is 0.407 e. The topological polar surface area (TPSA) is 92.0 Å². The van der Waals surface area contributed by atoms with Crippen molar-refractivity contribution in [2.45, 2.75) is 51.6 Å². The first-order chi connectivity index (χ1) is 14.6. The number of nitrogen functional groups attached to an aromatic ring is 1. The molecule has 0 bridgehead atoms. The van der Waals surface area contributed by atoms with E-state index in [0.29, 0.717) is 17.2 Å². The number of rotatable bonds is 7. The second-order valence-corrected chi connectivity index (χ2v) is 13.9. The number of amides is 1. The van der Waals surface area contributed by atoms with E-state index in [1.165, 1.54) is 0 Å². The molecule has 0 spiro atoms. The van der Waals surface area contributed by atoms with Gasteiger partial charge in [0.05, 0.1) is 18.3 Å². The van der Waals surface area contributed by atoms with Crippen LogP contribution in [0.4, 0.5) is 10.5 Å². The Bertz CT molecular complexity index is 912. The van der Waals surface area contributed by atoms with Crippen molar-refractivity contribution in [1.82, 2.24) is 5.32 Å². The normalized spacial score (nSPS) is 14.2. The first-order valence-corrected chi connectivity index (χ1v) is 13.3. The Morgan fingerprint density at radius 2 is 1.90 bits per heavy atom. The molecule has 1 aliphatic heterocycles. The van der Waals surface area contributed by atoms with Crippen molar-refractivity contribution in [3.8, 4) is 11.5 Å². The van der Waals surface area contributed by atoms with E-state index >= 15 is 0 Å². The third-order valence-electron chi connectivity index (χ3n) is 5.78. The molecule has 1 amide bonds. The molecule has 1 aliphatic rings. The lowest BCUT2D eigenvalue weighted by molar-refractivity contribution is 0.127. The average Bonchev–Trinajstić information content (AvgIpc) is 3.18. The minimum absolute atomic E-state index is 0.000944. The molecule has 31 heavy (non-hydrogen) atoms. The number of carbonyl (C=O) groups is 1. The van der Waals surface area contributed by atoms with Gasteiger partial charge in [0.1, 0.15) is 6.61 Å². The molecule has 0 radical (unpaired) electrons. The highest BCUT2D eigenvalue weighted by molar-refractivity contribution is 6.74. The van der Waals surface area contributed by atoms with Gasteiger partial charge in [0.2, 0.25) is 6.79 Å². The number of fused-ring (bicyclic) bond motifs is 1. The zero-order valence-electron chi connectivity index (χ0n) is 18.9. The Labute approximate surface area is 185 Å². The van der Waals surface area contributed by atoms with E-state index in [-0.39, 0.29) is 25.0 Å². The van der Waals surface area contributed by atoms with Gasteiger partial charge in [-0.2, -0.15) is 0 Å². The zero-order chi connectivity index (χ0) is 22.6. The largest absolute Gasteiger partial charge is 0.453 e. The van der Waals surface area contributed by atoms with Gasteiger partial charge in [-0.15, -0.1) is 0 Å². The summed E-state index contributed by atoms with van der Waals surface area (Å²) in [7, 11) is -2.14. The molecular formula is C23H32N2O5Si. The zero-order valence-corrected chi connectivity index (χ0v) is 19.9. The minimum atomic E-state index is -2.14. The summed E-state index contributed by atoms with van der Waals surface area (Å²) in [5, 5.41) is 2.84. The molecule has 7 nitrogen and oxygen atoms in total. The second kappa shape index (κ2) is 9.19. The number of hydrogen-bond donors (Lipinski definition) is 2. The Morgan fingerprint density at radius 1 is 1.19 bits per heavy atom. The summed E-state index contributed by atoms with van der Waals surface area (Å²) in [4.78, 5) is 12.3. The van der Waals surface area contributed by atoms with E-state index < -0.39 is 20.5 Å². The van der Waals surface area contributed by atoms with Crippen LogP contribution in [0.15, 0.2) is 42.5 Å². The lowest BCUT2D eigenvalue weighted by atomic mass is 10.1. The van der Waals surface area contributed by atoms with Crippen molar-refractivity contribution in [2.75, 3.05) is 19.1 Å². The molecule has 168 valence electrons. The fourth-order valence-electron chi connectivity index (χ4n) is 2.96. The van der Waals surface area contributed by atoms with Gasteiger partial charge < -0.3 is 29.7 Å². The van der Waals surface area contributed by atoms with Crippen LogP contribution in [0.1, 0.15) is 38.0 Å². The van der Waals surface area contributed by atoms with E-state index in [1.807, 2.05) is 42.5 Å². The number of carbonyl (C=O) groups excluding carboxylic acids is 1. The minimum Gasteiger partial charge on any atom is -0.453 e. The molecule has 1 heterocycles. The standard InChI is InChI=1S/C23H32N2O5Si/c1-23(2,3)31(4,5)30-20(17-11-18(24)21-19(12-17)28-15-29-21)13-25-22(26)27-14-16-9-7-6-8-10-16/h6-12,20H,13-15,24H2,1-5H3,(H,25,26). The van der Waals surface area contributed by atoms with Crippen molar-refractivity contribution in [3.63, 3.8) is 0 Å². The molecule has 3 N–H and O–H groups in total. The van der Waals surface area contributed by atoms with Crippen molar-refractivity contribution >= 4 is 20.1 Å². The summed E-state index contributed by atoms with van der Waals surface area (Å²) in [5.74, 6) is 1.13. The Balaban J connectivity index is 1.73. The summed E-state index contributed by atoms with van der Waals surface area (Å²) >= 11 is 0. The maximum absolute atomic E-state index is 12.3. The number of ether oxygens (including phenoxy) is 3. The van der Waals surface area contributed by atoms with Gasteiger partial charge in [0.25, 0.3) is 0 Å². The second-order valence-electron chi connectivity index (χ2n) is 9.15. The molecule has 1 unspecified atom stereocenters. The fraction of sp³-hybridized carbons (Fsp3) is 0.435. The lowest BCUT2D eigenvalue weighted by Crippen LogP contribution is -2.44. The van der Waals surface area contributed by atoms with E-state index in [1.54, 1.807) is 0 Å². The van der Waals surface area contributed by atoms with Crippen LogP contribution in [0.2, 0.25) is 18.1 Å². The molecule has 0 aromatic heterocycles. The average molecular weight is 445 g/mol. The quantitative estimate of drug-likeness (QED) is 0.462. The van der Waals surface area contributed by atoms with Gasteiger partial charge in [-0.3, -0.25) is 0 Å². The Morgan fingerprint density at radius 3 is 2.58 bits per heavy atom. The number of nitrogens with one attached hydrogen (secondary N) is 1. The molecule has 1 atom stereocenters. The fourth-order valence-corrected chi connectivity index (χ4v) is 4.24. The van der Waals surface area contributed by atoms with Gasteiger partial charge in [0.15, 0.2) is 19.8 Å². The van der Waals surface area contributed by atoms with Crippen LogP contribution < -0.4 is 20.5 Å². The van der Waals surface area contributed by atoms with E-state index in [9.17, 15) is 4.79 Å². The van der Waals surface area contributed by atoms with Crippen LogP contribution >= 0.6 is 0 Å². The molecule has 0 fully saturated rings. The smallest absolute Gasteiger partial charge is 0.407 e. The molecule has 0 saturated carbocycles. The van der Waals surface area contributed by atoms with Crippen molar-refractivity contribution in [2.24, 2.45) is 0 Å². The summed E-state index contributed by atoms with van der Waals surface area (Å²) in [5.41, 5.74) is 8.41. The first kappa shape index (κ1) is 23.0. The van der Waals surface area contributed by atoms with E-state index in [0.717, 1.165) is 11.1 Å². The third-order valence-corrected chi connectivity index (χ3v) is 10.3. The first-order valence-electron chi connectivity index (χ1n) is 10.4. The molecule has 8 heteroatoms. The Kier molecular flexibility index (Phi) is 6.81. The van der Waals surface area contributed by atoms with Crippen molar-refractivity contribution < 1.29 is 23.4 Å². The molecule has 0 aliphatic carbocycles. The summed E-state index contributed by atoms with van der Waals surface area (Å²) in [6.07, 6.45) is -0.900. The molecule has 2 aromatic rings. The number of alkyl carbamates (subject to hydrolysis) is 1. The predicted octanol–water partition coefficient (Wildman–Crippen LogP) is 4.99. The number of anilines is 1. The summed E-state index contributed by atoms with van der Waals surface area (Å²) < 4.78 is 22.9. The molecule has 0 saturated heterocycles. The van der Waals surface area contributed by atoms with Crippen molar-refractivity contribution in [1.29, 1.82) is 0 Å². The van der Waals surface area contributed by atoms with Crippen LogP contribution in [0.3, 0.4) is 0 Å².